The maximum atomic E-state index is 12.6. The normalized spacial score (nSPS) is 14.8. The Hall–Kier alpha value is -1.92. The molecule has 1 fully saturated rings. The molecule has 3 aromatic rings. The fourth-order valence-electron chi connectivity index (χ4n) is 3.10. The summed E-state index contributed by atoms with van der Waals surface area (Å²) in [4.78, 5) is 20.5. The monoisotopic (exact) mass is 372 g/mol. The summed E-state index contributed by atoms with van der Waals surface area (Å²) in [6.45, 7) is 2.20. The Kier molecular flexibility index (Phi) is 4.72. The predicted octanol–water partition coefficient (Wildman–Crippen LogP) is 4.78. The van der Waals surface area contributed by atoms with Gasteiger partial charge in [-0.15, -0.1) is 11.3 Å². The molecule has 1 aliphatic rings. The molecule has 3 heterocycles. The molecule has 0 bridgehead atoms. The molecule has 25 heavy (non-hydrogen) atoms. The first-order valence-electron chi connectivity index (χ1n) is 8.54. The van der Waals surface area contributed by atoms with Gasteiger partial charge in [-0.1, -0.05) is 23.5 Å². The number of carbonyl (C=O) groups excluding carboxylic acids is 1. The van der Waals surface area contributed by atoms with E-state index in [-0.39, 0.29) is 5.78 Å². The summed E-state index contributed by atoms with van der Waals surface area (Å²) < 4.78 is 6.31. The van der Waals surface area contributed by atoms with E-state index in [2.05, 4.69) is 4.90 Å². The lowest BCUT2D eigenvalue weighted by Crippen LogP contribution is -2.29. The Bertz CT molecular complexity index is 845. The fraction of sp³-hybridized carbons (Fsp3) is 0.368. The van der Waals surface area contributed by atoms with Crippen LogP contribution >= 0.6 is 22.7 Å². The van der Waals surface area contributed by atoms with E-state index in [9.17, 15) is 4.79 Å². The third-order valence-electron chi connectivity index (χ3n) is 4.50. The molecular weight excluding hydrogens is 352 g/mol. The molecule has 0 aliphatic carbocycles. The van der Waals surface area contributed by atoms with Gasteiger partial charge < -0.3 is 9.64 Å². The molecule has 0 amide bonds. The van der Waals surface area contributed by atoms with E-state index in [0.29, 0.717) is 6.42 Å². The van der Waals surface area contributed by atoms with Crippen LogP contribution in [0.5, 0.6) is 5.75 Å². The van der Waals surface area contributed by atoms with Crippen molar-refractivity contribution in [2.45, 2.75) is 25.7 Å². The standard InChI is InChI=1S/C19H20N2O2S2/c1-23-14-7-5-13(6-8-14)11-16(22)17-12-15-18(24-17)25-19(20-15)21-9-3-2-4-10-21/h5-8,12H,2-4,9-11H2,1H3. The minimum Gasteiger partial charge on any atom is -0.497 e. The maximum Gasteiger partial charge on any atom is 0.187 e. The fourth-order valence-corrected chi connectivity index (χ4v) is 5.35. The Morgan fingerprint density at radius 1 is 1.16 bits per heavy atom. The van der Waals surface area contributed by atoms with Crippen LogP contribution in [0, 0.1) is 0 Å². The molecule has 4 rings (SSSR count). The summed E-state index contributed by atoms with van der Waals surface area (Å²) in [5.41, 5.74) is 1.97. The number of ether oxygens (including phenoxy) is 1. The van der Waals surface area contributed by atoms with Crippen LogP contribution < -0.4 is 9.64 Å². The van der Waals surface area contributed by atoms with Gasteiger partial charge in [-0.3, -0.25) is 4.79 Å². The number of rotatable bonds is 5. The zero-order valence-corrected chi connectivity index (χ0v) is 15.8. The first-order chi connectivity index (χ1) is 12.2. The number of benzene rings is 1. The van der Waals surface area contributed by atoms with E-state index in [4.69, 9.17) is 9.72 Å². The summed E-state index contributed by atoms with van der Waals surface area (Å²) >= 11 is 3.29. The minimum atomic E-state index is 0.153. The summed E-state index contributed by atoms with van der Waals surface area (Å²) in [7, 11) is 1.64. The van der Waals surface area contributed by atoms with Crippen LogP contribution in [0.4, 0.5) is 5.13 Å². The van der Waals surface area contributed by atoms with Crippen molar-refractivity contribution in [1.29, 1.82) is 0 Å². The van der Waals surface area contributed by atoms with Crippen LogP contribution in [0.25, 0.3) is 9.53 Å². The van der Waals surface area contributed by atoms with E-state index in [0.717, 1.165) is 43.9 Å². The number of hydrogen-bond acceptors (Lipinski definition) is 6. The van der Waals surface area contributed by atoms with E-state index in [1.54, 1.807) is 29.8 Å². The second-order valence-corrected chi connectivity index (χ2v) is 8.56. The average Bonchev–Trinajstić information content (AvgIpc) is 3.22. The zero-order valence-electron chi connectivity index (χ0n) is 14.2. The van der Waals surface area contributed by atoms with Crippen molar-refractivity contribution in [3.63, 3.8) is 0 Å². The summed E-state index contributed by atoms with van der Waals surface area (Å²) in [6.07, 6.45) is 4.23. The number of thiazole rings is 1. The SMILES string of the molecule is COc1ccc(CC(=O)c2cc3nc(N4CCCCC4)sc3s2)cc1. The number of piperidine rings is 1. The highest BCUT2D eigenvalue weighted by atomic mass is 32.2. The number of methoxy groups -OCH3 is 1. The van der Waals surface area contributed by atoms with Crippen molar-refractivity contribution in [2.24, 2.45) is 0 Å². The highest BCUT2D eigenvalue weighted by Crippen LogP contribution is 2.36. The van der Waals surface area contributed by atoms with E-state index in [1.165, 1.54) is 19.3 Å². The van der Waals surface area contributed by atoms with E-state index in [1.807, 2.05) is 30.3 Å². The number of hydrogen-bond donors (Lipinski definition) is 0. The molecule has 2 aromatic heterocycles. The van der Waals surface area contributed by atoms with Crippen molar-refractivity contribution in [3.8, 4) is 5.75 Å². The molecule has 1 aliphatic heterocycles. The molecule has 1 saturated heterocycles. The lowest BCUT2D eigenvalue weighted by Gasteiger charge is -2.25. The topological polar surface area (TPSA) is 42.4 Å². The number of fused-ring (bicyclic) bond motifs is 1. The Morgan fingerprint density at radius 2 is 1.92 bits per heavy atom. The predicted molar refractivity (Wildman–Crippen MR) is 105 cm³/mol. The van der Waals surface area contributed by atoms with Crippen LogP contribution in [-0.2, 0) is 6.42 Å². The third-order valence-corrected chi connectivity index (χ3v) is 6.89. The number of aromatic nitrogens is 1. The van der Waals surface area contributed by atoms with Crippen LogP contribution in [-0.4, -0.2) is 31.0 Å². The largest absolute Gasteiger partial charge is 0.497 e. The molecule has 0 atom stereocenters. The maximum absolute atomic E-state index is 12.6. The van der Waals surface area contributed by atoms with Crippen molar-refractivity contribution >= 4 is 43.1 Å². The molecule has 1 aromatic carbocycles. The van der Waals surface area contributed by atoms with Crippen LogP contribution in [0.2, 0.25) is 0 Å². The smallest absolute Gasteiger partial charge is 0.187 e. The van der Waals surface area contributed by atoms with Gasteiger partial charge in [0.2, 0.25) is 0 Å². The average molecular weight is 373 g/mol. The minimum absolute atomic E-state index is 0.153. The number of carbonyl (C=O) groups is 1. The number of ketones is 1. The van der Waals surface area contributed by atoms with Gasteiger partial charge in [-0.2, -0.15) is 0 Å². The van der Waals surface area contributed by atoms with Crippen LogP contribution in [0.3, 0.4) is 0 Å². The van der Waals surface area contributed by atoms with Gasteiger partial charge in [0.05, 0.1) is 17.5 Å². The van der Waals surface area contributed by atoms with Gasteiger partial charge in [-0.05, 0) is 43.0 Å². The zero-order chi connectivity index (χ0) is 17.2. The van der Waals surface area contributed by atoms with Gasteiger partial charge in [0.15, 0.2) is 10.9 Å². The number of Topliss-reactive ketones (excluding diaryl/α,β-unsaturated/α-hetero) is 1. The second kappa shape index (κ2) is 7.14. The molecule has 0 radical (unpaired) electrons. The molecule has 0 saturated carbocycles. The van der Waals surface area contributed by atoms with Crippen molar-refractivity contribution in [1.82, 2.24) is 4.98 Å². The van der Waals surface area contributed by atoms with Crippen LogP contribution in [0.15, 0.2) is 30.3 Å². The molecule has 0 unspecified atom stereocenters. The van der Waals surface area contributed by atoms with Gasteiger partial charge >= 0.3 is 0 Å². The Labute approximate surface area is 155 Å². The molecule has 6 heteroatoms. The first kappa shape index (κ1) is 16.5. The summed E-state index contributed by atoms with van der Waals surface area (Å²) in [5, 5.41) is 1.11. The third kappa shape index (κ3) is 3.55. The highest BCUT2D eigenvalue weighted by molar-refractivity contribution is 7.40. The van der Waals surface area contributed by atoms with Crippen molar-refractivity contribution < 1.29 is 9.53 Å². The van der Waals surface area contributed by atoms with Crippen molar-refractivity contribution in [3.05, 3.63) is 40.8 Å². The van der Waals surface area contributed by atoms with Gasteiger partial charge in [0, 0.05) is 19.5 Å². The first-order valence-corrected chi connectivity index (χ1v) is 10.2. The number of nitrogens with zero attached hydrogens (tertiary/aromatic N) is 2. The molecule has 130 valence electrons. The lowest BCUT2D eigenvalue weighted by molar-refractivity contribution is 0.0997. The van der Waals surface area contributed by atoms with E-state index >= 15 is 0 Å². The lowest BCUT2D eigenvalue weighted by atomic mass is 10.1. The molecule has 0 spiro atoms. The summed E-state index contributed by atoms with van der Waals surface area (Å²) in [5.74, 6) is 0.960. The van der Waals surface area contributed by atoms with Crippen LogP contribution in [0.1, 0.15) is 34.5 Å². The number of thiophene rings is 1. The molecule has 0 N–H and O–H groups in total. The van der Waals surface area contributed by atoms with Crippen molar-refractivity contribution in [2.75, 3.05) is 25.1 Å². The number of anilines is 1. The quantitative estimate of drug-likeness (QED) is 0.604. The van der Waals surface area contributed by atoms with Gasteiger partial charge in [0.25, 0.3) is 0 Å². The highest BCUT2D eigenvalue weighted by Gasteiger charge is 2.18. The second-order valence-electron chi connectivity index (χ2n) is 6.28. The van der Waals surface area contributed by atoms with E-state index < -0.39 is 0 Å². The Balaban J connectivity index is 1.48. The Morgan fingerprint density at radius 3 is 2.60 bits per heavy atom. The van der Waals surface area contributed by atoms with Gasteiger partial charge in [-0.25, -0.2) is 4.98 Å². The molecule has 4 nitrogen and oxygen atoms in total. The molecular formula is C19H20N2O2S2. The summed E-state index contributed by atoms with van der Waals surface area (Å²) in [6, 6.07) is 9.62. The van der Waals surface area contributed by atoms with Gasteiger partial charge in [0.1, 0.15) is 9.76 Å².